The second-order valence-corrected chi connectivity index (χ2v) is 5.95. The number of alkyl halides is 1. The van der Waals surface area contributed by atoms with Crippen LogP contribution in [0, 0.1) is 0 Å². The zero-order chi connectivity index (χ0) is 13.2. The summed E-state index contributed by atoms with van der Waals surface area (Å²) in [5.74, 6) is -0.205. The molecule has 0 aliphatic carbocycles. The summed E-state index contributed by atoms with van der Waals surface area (Å²) in [6, 6.07) is 4.83. The maximum atomic E-state index is 12.2. The Balaban J connectivity index is 3.08. The lowest BCUT2D eigenvalue weighted by molar-refractivity contribution is 0.0660. The molecular formula is C12H15Br2NO2. The Bertz CT molecular complexity index is 433. The highest BCUT2D eigenvalue weighted by Gasteiger charge is 2.28. The zero-order valence-electron chi connectivity index (χ0n) is 10.00. The van der Waals surface area contributed by atoms with E-state index in [2.05, 4.69) is 31.9 Å². The number of hydrogen-bond acceptors (Lipinski definition) is 2. The highest BCUT2D eigenvalue weighted by atomic mass is 79.9. The first-order valence-corrected chi connectivity index (χ1v) is 7.03. The summed E-state index contributed by atoms with van der Waals surface area (Å²) in [7, 11) is 1.73. The highest BCUT2D eigenvalue weighted by Crippen LogP contribution is 2.26. The van der Waals surface area contributed by atoms with Crippen molar-refractivity contribution in [2.45, 2.75) is 19.4 Å². The van der Waals surface area contributed by atoms with Crippen molar-refractivity contribution in [1.82, 2.24) is 4.90 Å². The molecule has 0 heterocycles. The van der Waals surface area contributed by atoms with Gasteiger partial charge < -0.3 is 10.0 Å². The minimum Gasteiger partial charge on any atom is -0.507 e. The number of aromatic hydroxyl groups is 1. The van der Waals surface area contributed by atoms with Crippen molar-refractivity contribution >= 4 is 37.8 Å². The third-order valence-electron chi connectivity index (χ3n) is 2.73. The van der Waals surface area contributed by atoms with Crippen LogP contribution in [0.25, 0.3) is 0 Å². The van der Waals surface area contributed by atoms with Gasteiger partial charge in [-0.1, -0.05) is 31.9 Å². The van der Waals surface area contributed by atoms with Gasteiger partial charge >= 0.3 is 0 Å². The normalized spacial score (nSPS) is 11.4. The molecule has 17 heavy (non-hydrogen) atoms. The van der Waals surface area contributed by atoms with Gasteiger partial charge in [-0.15, -0.1) is 0 Å². The van der Waals surface area contributed by atoms with E-state index in [1.807, 2.05) is 13.8 Å². The van der Waals surface area contributed by atoms with Gasteiger partial charge in [0.15, 0.2) is 0 Å². The Kier molecular flexibility index (Phi) is 4.61. The van der Waals surface area contributed by atoms with E-state index in [0.717, 1.165) is 4.47 Å². The van der Waals surface area contributed by atoms with Gasteiger partial charge in [0.05, 0.1) is 5.56 Å². The third-order valence-corrected chi connectivity index (χ3v) is 4.59. The van der Waals surface area contributed by atoms with Crippen LogP contribution in [0.5, 0.6) is 5.75 Å². The van der Waals surface area contributed by atoms with Gasteiger partial charge in [0.1, 0.15) is 5.75 Å². The van der Waals surface area contributed by atoms with Crippen LogP contribution in [0.1, 0.15) is 24.2 Å². The molecule has 1 amide bonds. The van der Waals surface area contributed by atoms with Gasteiger partial charge in [0, 0.05) is 22.4 Å². The van der Waals surface area contributed by atoms with E-state index in [1.165, 1.54) is 6.07 Å². The number of carbonyl (C=O) groups is 1. The molecule has 1 aromatic carbocycles. The molecular weight excluding hydrogens is 350 g/mol. The van der Waals surface area contributed by atoms with Crippen LogP contribution in [0.4, 0.5) is 0 Å². The molecule has 1 rings (SSSR count). The minimum absolute atomic E-state index is 0.00424. The maximum Gasteiger partial charge on any atom is 0.257 e. The zero-order valence-corrected chi connectivity index (χ0v) is 13.2. The molecule has 0 saturated carbocycles. The number of phenols is 1. The average Bonchev–Trinajstić information content (AvgIpc) is 2.30. The van der Waals surface area contributed by atoms with E-state index in [1.54, 1.807) is 24.1 Å². The Hall–Kier alpha value is -0.550. The van der Waals surface area contributed by atoms with Gasteiger partial charge in [0.2, 0.25) is 0 Å². The molecule has 0 saturated heterocycles. The molecule has 0 aliphatic rings. The van der Waals surface area contributed by atoms with Crippen LogP contribution in [-0.4, -0.2) is 33.8 Å². The van der Waals surface area contributed by atoms with E-state index in [4.69, 9.17) is 0 Å². The van der Waals surface area contributed by atoms with Gasteiger partial charge in [0.25, 0.3) is 5.91 Å². The monoisotopic (exact) mass is 363 g/mol. The van der Waals surface area contributed by atoms with Crippen LogP contribution in [-0.2, 0) is 0 Å². The maximum absolute atomic E-state index is 12.2. The van der Waals surface area contributed by atoms with E-state index in [9.17, 15) is 9.90 Å². The molecule has 5 heteroatoms. The first kappa shape index (κ1) is 14.5. The fourth-order valence-corrected chi connectivity index (χ4v) is 1.96. The molecule has 0 bridgehead atoms. The fourth-order valence-electron chi connectivity index (χ4n) is 1.22. The molecule has 0 radical (unpaired) electrons. The van der Waals surface area contributed by atoms with Crippen molar-refractivity contribution in [3.63, 3.8) is 0 Å². The van der Waals surface area contributed by atoms with Crippen molar-refractivity contribution in [2.24, 2.45) is 0 Å². The molecule has 0 unspecified atom stereocenters. The topological polar surface area (TPSA) is 40.5 Å². The van der Waals surface area contributed by atoms with Crippen LogP contribution in [0.15, 0.2) is 22.7 Å². The molecule has 0 fully saturated rings. The van der Waals surface area contributed by atoms with Gasteiger partial charge in [-0.2, -0.15) is 0 Å². The SMILES string of the molecule is CN(C(=O)c1cc(Br)ccc1O)C(C)(C)CBr. The van der Waals surface area contributed by atoms with E-state index in [0.29, 0.717) is 10.9 Å². The number of benzene rings is 1. The fraction of sp³-hybridized carbons (Fsp3) is 0.417. The van der Waals surface area contributed by atoms with E-state index in [-0.39, 0.29) is 17.2 Å². The molecule has 94 valence electrons. The molecule has 0 aliphatic heterocycles. The summed E-state index contributed by atoms with van der Waals surface area (Å²) in [5.41, 5.74) is -0.0119. The van der Waals surface area contributed by atoms with Crippen LogP contribution >= 0.6 is 31.9 Å². The average molecular weight is 365 g/mol. The van der Waals surface area contributed by atoms with Crippen LogP contribution < -0.4 is 0 Å². The predicted molar refractivity (Wildman–Crippen MR) is 75.8 cm³/mol. The Morgan fingerprint density at radius 1 is 1.47 bits per heavy atom. The lowest BCUT2D eigenvalue weighted by Gasteiger charge is -2.34. The van der Waals surface area contributed by atoms with Crippen molar-refractivity contribution in [2.75, 3.05) is 12.4 Å². The van der Waals surface area contributed by atoms with Crippen molar-refractivity contribution in [1.29, 1.82) is 0 Å². The number of rotatable bonds is 3. The summed E-state index contributed by atoms with van der Waals surface area (Å²) in [6.45, 7) is 3.91. The number of hydrogen-bond donors (Lipinski definition) is 1. The number of carbonyl (C=O) groups excluding carboxylic acids is 1. The second kappa shape index (κ2) is 5.40. The Morgan fingerprint density at radius 3 is 2.59 bits per heavy atom. The Labute approximate surface area is 118 Å². The first-order chi connectivity index (χ1) is 7.79. The number of phenolic OH excluding ortho intramolecular Hbond substituents is 1. The summed E-state index contributed by atoms with van der Waals surface area (Å²) < 4.78 is 0.767. The number of nitrogens with zero attached hydrogens (tertiary/aromatic N) is 1. The van der Waals surface area contributed by atoms with E-state index >= 15 is 0 Å². The molecule has 0 aromatic heterocycles. The van der Waals surface area contributed by atoms with Crippen LogP contribution in [0.2, 0.25) is 0 Å². The highest BCUT2D eigenvalue weighted by molar-refractivity contribution is 9.10. The molecule has 1 N–H and O–H groups in total. The smallest absolute Gasteiger partial charge is 0.257 e. The molecule has 3 nitrogen and oxygen atoms in total. The van der Waals surface area contributed by atoms with Gasteiger partial charge in [-0.05, 0) is 32.0 Å². The first-order valence-electron chi connectivity index (χ1n) is 5.12. The predicted octanol–water partition coefficient (Wildman–Crippen LogP) is 3.40. The molecule has 0 spiro atoms. The Morgan fingerprint density at radius 2 is 2.06 bits per heavy atom. The van der Waals surface area contributed by atoms with Gasteiger partial charge in [-0.25, -0.2) is 0 Å². The standard InChI is InChI=1S/C12H15Br2NO2/c1-12(2,7-13)15(3)11(17)9-6-8(14)4-5-10(9)16/h4-6,16H,7H2,1-3H3. The quantitative estimate of drug-likeness (QED) is 0.835. The number of amides is 1. The largest absolute Gasteiger partial charge is 0.507 e. The van der Waals surface area contributed by atoms with Crippen LogP contribution in [0.3, 0.4) is 0 Å². The van der Waals surface area contributed by atoms with Crippen molar-refractivity contribution in [3.8, 4) is 5.75 Å². The summed E-state index contributed by atoms with van der Waals surface area (Å²) in [4.78, 5) is 13.9. The summed E-state index contributed by atoms with van der Waals surface area (Å²) in [6.07, 6.45) is 0. The lowest BCUT2D eigenvalue weighted by atomic mass is 10.0. The van der Waals surface area contributed by atoms with E-state index < -0.39 is 0 Å². The summed E-state index contributed by atoms with van der Waals surface area (Å²) in [5, 5.41) is 10.4. The van der Waals surface area contributed by atoms with Crippen molar-refractivity contribution < 1.29 is 9.90 Å². The molecule has 0 atom stereocenters. The summed E-state index contributed by atoms with van der Waals surface area (Å²) >= 11 is 6.67. The van der Waals surface area contributed by atoms with Gasteiger partial charge in [-0.3, -0.25) is 4.79 Å². The third kappa shape index (κ3) is 3.22. The van der Waals surface area contributed by atoms with Crippen molar-refractivity contribution in [3.05, 3.63) is 28.2 Å². The second-order valence-electron chi connectivity index (χ2n) is 4.47. The molecule has 1 aromatic rings. The lowest BCUT2D eigenvalue weighted by Crippen LogP contribution is -2.46. The number of halogens is 2. The minimum atomic E-state index is -0.314.